The van der Waals surface area contributed by atoms with Crippen molar-refractivity contribution in [2.24, 2.45) is 0 Å². The number of hydrogen-bond acceptors (Lipinski definition) is 45. The second-order valence-electron chi connectivity index (χ2n) is 27.0. The van der Waals surface area contributed by atoms with Crippen LogP contribution >= 0.6 is 0 Å². The zero-order chi connectivity index (χ0) is 81.3. The third-order valence-electron chi connectivity index (χ3n) is 19.5. The van der Waals surface area contributed by atoms with Crippen molar-refractivity contribution in [3.05, 3.63) is 0 Å². The van der Waals surface area contributed by atoms with Crippen LogP contribution in [0.4, 0.5) is 0 Å². The average Bonchev–Trinajstić information content (AvgIpc) is 0.751. The Bertz CT molecular complexity index is 3050. The molecule has 0 saturated carbocycles. The number of amides is 3. The van der Waals surface area contributed by atoms with E-state index in [0.29, 0.717) is 0 Å². The van der Waals surface area contributed by atoms with Crippen LogP contribution in [0, 0.1) is 0 Å². The smallest absolute Gasteiger partial charge is 0.335 e. The average molecular weight is 1610 g/mol. The summed E-state index contributed by atoms with van der Waals surface area (Å²) in [5.41, 5.74) is 0. The van der Waals surface area contributed by atoms with Gasteiger partial charge in [-0.15, -0.1) is 0 Å². The molecule has 51 heteroatoms. The van der Waals surface area contributed by atoms with E-state index in [-0.39, 0.29) is 0 Å². The van der Waals surface area contributed by atoms with Gasteiger partial charge >= 0.3 is 17.9 Å². The molecule has 51 nitrogen and oxygen atoms in total. The number of aliphatic hydroxyl groups is 22. The lowest BCUT2D eigenvalue weighted by Crippen LogP contribution is -2.71. The van der Waals surface area contributed by atoms with Gasteiger partial charge in [0.15, 0.2) is 74.9 Å². The van der Waals surface area contributed by atoms with Crippen molar-refractivity contribution in [2.75, 3.05) is 39.6 Å². The molecule has 0 aliphatic carbocycles. The molecule has 9 aliphatic heterocycles. The number of carboxylic acid groups (broad SMARTS) is 3. The predicted molar refractivity (Wildman–Crippen MR) is 327 cm³/mol. The SMILES string of the molecule is CC(=O)N[C@H]1[C@H](O[C@H]2[C@H](O)[C@@H](O)[C@H](O[C@H]3[C@@H](O)[C@@H](CO)O[C@@H](O[C@H]4[C@H](O)[C@@H](O)[C@H](O[C@H]5[C@@H](O)[C@@H](CO)O[C@@H](O[C@H]6[C@H](O)[C@@H](O)[C@H](O[C@H]7[C@@H](O)[C@@H](CO)O[C@@H](O[C@H]8[C@@H](O)[C@@H](CO)O[C@@H](O[C@@H]9CO[C@@H](O)[C@H](O)[C@H]9O)[C@@H]8O)[C@@H]7O)O[C@@H]6C(=O)O)[C@@H]5NC(C)=O)O[C@@H]4C(=O)O)[C@@H]3NC(C)=O)O[C@@H]2C(=O)O)O[C@H](CO)[C@H](O)[C@@H]1O. The number of nitrogens with one attached hydrogen (secondary N) is 3. The Morgan fingerprint density at radius 1 is 0.282 bits per heavy atom. The van der Waals surface area contributed by atoms with Crippen molar-refractivity contribution in [3.63, 3.8) is 0 Å². The fourth-order valence-electron chi connectivity index (χ4n) is 13.8. The maximum absolute atomic E-state index is 13.2. The summed E-state index contributed by atoms with van der Waals surface area (Å²) >= 11 is 0. The van der Waals surface area contributed by atoms with E-state index in [9.17, 15) is 156 Å². The number of aliphatic hydroxyl groups excluding tert-OH is 22. The third-order valence-corrected chi connectivity index (χ3v) is 19.5. The van der Waals surface area contributed by atoms with Gasteiger partial charge in [-0.3, -0.25) is 14.4 Å². The van der Waals surface area contributed by atoms with Crippen LogP contribution in [0.25, 0.3) is 0 Å². The minimum Gasteiger partial charge on any atom is -0.479 e. The van der Waals surface area contributed by atoms with Gasteiger partial charge < -0.3 is 224 Å². The molecular formula is C59H93N3O48. The van der Waals surface area contributed by atoms with E-state index >= 15 is 0 Å². The van der Waals surface area contributed by atoms with Crippen molar-refractivity contribution >= 4 is 35.6 Å². The van der Waals surface area contributed by atoms with Crippen LogP contribution in [0.15, 0.2) is 0 Å². The van der Waals surface area contributed by atoms with Gasteiger partial charge in [0, 0.05) is 20.8 Å². The Balaban J connectivity index is 0.903. The molecule has 44 atom stereocenters. The number of carbonyl (C=O) groups is 6. The minimum absolute atomic E-state index is 0.611. The molecule has 0 bridgehead atoms. The molecule has 9 saturated heterocycles. The van der Waals surface area contributed by atoms with Crippen molar-refractivity contribution < 1.29 is 237 Å². The quantitative estimate of drug-likeness (QED) is 0.0363. The highest BCUT2D eigenvalue weighted by Gasteiger charge is 2.62. The summed E-state index contributed by atoms with van der Waals surface area (Å²) in [6.45, 7) is -3.60. The molecule has 0 aromatic rings. The van der Waals surface area contributed by atoms with Gasteiger partial charge in [-0.2, -0.15) is 0 Å². The van der Waals surface area contributed by atoms with Crippen LogP contribution < -0.4 is 16.0 Å². The number of carbonyl (C=O) groups excluding carboxylic acids is 3. The van der Waals surface area contributed by atoms with Crippen LogP contribution in [0.3, 0.4) is 0 Å². The normalized spacial score (nSPS) is 48.8. The van der Waals surface area contributed by atoms with E-state index in [1.165, 1.54) is 0 Å². The van der Waals surface area contributed by atoms with Crippen molar-refractivity contribution in [1.82, 2.24) is 16.0 Å². The topological polar surface area (TPSA) is 801 Å². The van der Waals surface area contributed by atoms with Crippen LogP contribution in [-0.4, -0.2) is 473 Å². The molecule has 110 heavy (non-hydrogen) atoms. The molecule has 9 fully saturated rings. The van der Waals surface area contributed by atoms with Crippen LogP contribution in [0.1, 0.15) is 20.8 Å². The summed E-state index contributed by atoms with van der Waals surface area (Å²) in [4.78, 5) is 77.3. The minimum atomic E-state index is -2.65. The van der Waals surface area contributed by atoms with Gasteiger partial charge in [0.05, 0.1) is 39.6 Å². The summed E-state index contributed by atoms with van der Waals surface area (Å²) in [6, 6.07) is -5.97. The van der Waals surface area contributed by atoms with Crippen LogP contribution in [0.5, 0.6) is 0 Å². The molecule has 632 valence electrons. The first-order chi connectivity index (χ1) is 51.8. The second-order valence-corrected chi connectivity index (χ2v) is 27.0. The maximum Gasteiger partial charge on any atom is 0.335 e. The zero-order valence-electron chi connectivity index (χ0n) is 57.7. The van der Waals surface area contributed by atoms with Crippen molar-refractivity contribution in [2.45, 2.75) is 291 Å². The first-order valence-electron chi connectivity index (χ1n) is 34.0. The van der Waals surface area contributed by atoms with Crippen molar-refractivity contribution in [1.29, 1.82) is 0 Å². The number of ether oxygens (including phenoxy) is 17. The van der Waals surface area contributed by atoms with E-state index in [2.05, 4.69) is 16.0 Å². The lowest BCUT2D eigenvalue weighted by molar-refractivity contribution is -0.390. The number of aliphatic carboxylic acids is 3. The number of hydrogen-bond donors (Lipinski definition) is 28. The number of rotatable bonds is 27. The van der Waals surface area contributed by atoms with Gasteiger partial charge in [-0.25, -0.2) is 14.4 Å². The Morgan fingerprint density at radius 2 is 0.545 bits per heavy atom. The second kappa shape index (κ2) is 37.9. The van der Waals surface area contributed by atoms with E-state index in [0.717, 1.165) is 20.8 Å². The fraction of sp³-hybridized carbons (Fsp3) is 0.898. The van der Waals surface area contributed by atoms with E-state index in [1.807, 2.05) is 0 Å². The Hall–Kier alpha value is -4.74. The molecule has 0 spiro atoms. The van der Waals surface area contributed by atoms with Crippen molar-refractivity contribution in [3.8, 4) is 0 Å². The van der Waals surface area contributed by atoms with Gasteiger partial charge in [0.1, 0.15) is 195 Å². The monoisotopic (exact) mass is 1610 g/mol. The zero-order valence-corrected chi connectivity index (χ0v) is 57.7. The first-order valence-corrected chi connectivity index (χ1v) is 34.0. The maximum atomic E-state index is 13.2. The summed E-state index contributed by atoms with van der Waals surface area (Å²) in [5, 5.41) is 280. The Morgan fingerprint density at radius 3 is 0.864 bits per heavy atom. The molecule has 9 rings (SSSR count). The van der Waals surface area contributed by atoms with E-state index in [1.54, 1.807) is 0 Å². The van der Waals surface area contributed by atoms with Crippen LogP contribution in [0.2, 0.25) is 0 Å². The van der Waals surface area contributed by atoms with Gasteiger partial charge in [0.2, 0.25) is 17.7 Å². The summed E-state index contributed by atoms with van der Waals surface area (Å²) in [5.74, 6) is -9.16. The summed E-state index contributed by atoms with van der Waals surface area (Å²) in [7, 11) is 0. The fourth-order valence-corrected chi connectivity index (χ4v) is 13.8. The highest BCUT2D eigenvalue weighted by Crippen LogP contribution is 2.40. The molecule has 0 aromatic carbocycles. The van der Waals surface area contributed by atoms with E-state index in [4.69, 9.17) is 80.5 Å². The first kappa shape index (κ1) is 89.2. The molecule has 9 aliphatic rings. The highest BCUT2D eigenvalue weighted by atomic mass is 16.8. The Kier molecular flexibility index (Phi) is 30.7. The molecular weight excluding hydrogens is 1520 g/mol. The lowest BCUT2D eigenvalue weighted by atomic mass is 9.93. The van der Waals surface area contributed by atoms with E-state index < -0.39 is 345 Å². The molecule has 28 N–H and O–H groups in total. The van der Waals surface area contributed by atoms with Gasteiger partial charge in [-0.05, 0) is 0 Å². The molecule has 9 heterocycles. The van der Waals surface area contributed by atoms with Gasteiger partial charge in [-0.1, -0.05) is 0 Å². The lowest BCUT2D eigenvalue weighted by Gasteiger charge is -2.51. The molecule has 0 aromatic heterocycles. The van der Waals surface area contributed by atoms with Gasteiger partial charge in [0.25, 0.3) is 0 Å². The number of carboxylic acids is 3. The molecule has 3 amide bonds. The standard InChI is InChI=1S/C59H93N3O48/c1-10(68)60-19-28(77)22(71)13(4-63)95-52(19)105-42-29(78)33(82)55(108-45(42)48(87)88)101-38-20(61-11(2)69)53(96-14(5-64)24(38)73)106-43-30(79)34(83)56(109-46(43)49(89)90)102-39-21(62-12(3)70)54(97-15(6-65)25(39)74)107-44-31(80)35(84)57(110-47(44)50(91)92)103-41-27(76)17(8-67)99-59(37(41)86)104-40-26(75)16(7-66)98-58(36(40)85)100-18-9-94-51(93)32(81)23(18)72/h13-47,51-59,63-67,71-86,93H,4-9H2,1-3H3,(H,60,68)(H,61,69)(H,62,70)(H,87,88)(H,89,90)(H,91,92)/t13-,14-,15-,16-,17-,18-,19-,20-,21-,22+,23+,24+,25+,26+,27+,28-,29-,30-,31-,32-,33-,34-,35-,36-,37-,38-,39-,40+,41+,42+,43+,44+,45+,46+,47+,51-,52+,53+,54+,55-,56-,57-,58+,59+/m1/s1. The Labute approximate surface area is 617 Å². The molecule has 0 unspecified atom stereocenters. The summed E-state index contributed by atoms with van der Waals surface area (Å²) < 4.78 is 95.5. The van der Waals surface area contributed by atoms with Crippen LogP contribution in [-0.2, 0) is 109 Å². The largest absolute Gasteiger partial charge is 0.479 e. The summed E-state index contributed by atoms with van der Waals surface area (Å²) in [6.07, 6.45) is -91.3. The predicted octanol–water partition coefficient (Wildman–Crippen LogP) is -19.3. The highest BCUT2D eigenvalue weighted by molar-refractivity contribution is 5.75. The third kappa shape index (κ3) is 19.0. The molecule has 0 radical (unpaired) electrons.